The van der Waals surface area contributed by atoms with Crippen molar-refractivity contribution in [2.75, 3.05) is 32.8 Å². The molecule has 9 heteroatoms. The Balaban J connectivity index is 1.63. The molecule has 0 N–H and O–H groups in total. The molecule has 0 radical (unpaired) electrons. The van der Waals surface area contributed by atoms with Crippen molar-refractivity contribution in [1.29, 1.82) is 0 Å². The molecule has 1 atom stereocenters. The molecule has 1 fully saturated rings. The van der Waals surface area contributed by atoms with Gasteiger partial charge in [0, 0.05) is 12.1 Å². The number of rotatable bonds is 9. The van der Waals surface area contributed by atoms with Crippen LogP contribution in [0.25, 0.3) is 0 Å². The van der Waals surface area contributed by atoms with Crippen LogP contribution >= 0.6 is 0 Å². The van der Waals surface area contributed by atoms with Crippen molar-refractivity contribution < 1.29 is 33.0 Å². The first-order chi connectivity index (χ1) is 17.9. The number of nitrogens with zero attached hydrogens (tertiary/aromatic N) is 2. The molecular formula is C28H27FN2O6. The molecule has 1 saturated heterocycles. The van der Waals surface area contributed by atoms with Gasteiger partial charge in [-0.1, -0.05) is 12.1 Å². The number of hydrogen-bond donors (Lipinski definition) is 0. The van der Waals surface area contributed by atoms with E-state index in [0.717, 1.165) is 16.5 Å². The Kier molecular flexibility index (Phi) is 7.71. The molecule has 0 spiro atoms. The van der Waals surface area contributed by atoms with Gasteiger partial charge in [0.25, 0.3) is 11.8 Å². The minimum absolute atomic E-state index is 0.0930. The number of amides is 3. The Morgan fingerprint density at radius 1 is 0.946 bits per heavy atom. The molecule has 1 aliphatic rings. The highest BCUT2D eigenvalue weighted by Crippen LogP contribution is 2.30. The van der Waals surface area contributed by atoms with Crippen molar-refractivity contribution in [3.05, 3.63) is 83.7 Å². The first-order valence-corrected chi connectivity index (χ1v) is 11.6. The Bertz CT molecular complexity index is 1310. The lowest BCUT2D eigenvalue weighted by Crippen LogP contribution is -2.46. The van der Waals surface area contributed by atoms with E-state index in [-0.39, 0.29) is 18.5 Å². The highest BCUT2D eigenvalue weighted by molar-refractivity contribution is 6.23. The monoisotopic (exact) mass is 506 g/mol. The van der Waals surface area contributed by atoms with Crippen molar-refractivity contribution in [3.8, 4) is 17.2 Å². The fourth-order valence-electron chi connectivity index (χ4n) is 4.33. The Labute approximate surface area is 214 Å². The summed E-state index contributed by atoms with van der Waals surface area (Å²) in [5.74, 6) is -0.388. The van der Waals surface area contributed by atoms with Gasteiger partial charge < -0.3 is 19.1 Å². The third-order valence-electron chi connectivity index (χ3n) is 6.25. The van der Waals surface area contributed by atoms with Gasteiger partial charge in [-0.15, -0.1) is 0 Å². The van der Waals surface area contributed by atoms with Gasteiger partial charge in [0.1, 0.15) is 17.6 Å². The molecule has 8 nitrogen and oxygen atoms in total. The molecule has 3 amide bonds. The molecule has 37 heavy (non-hydrogen) atoms. The number of imide groups is 1. The molecule has 3 aromatic rings. The van der Waals surface area contributed by atoms with Crippen molar-refractivity contribution in [2.24, 2.45) is 0 Å². The summed E-state index contributed by atoms with van der Waals surface area (Å²) in [4.78, 5) is 42.4. The summed E-state index contributed by atoms with van der Waals surface area (Å²) in [5.41, 5.74) is 1.31. The Morgan fingerprint density at radius 3 is 2.32 bits per heavy atom. The number of methoxy groups -OCH3 is 3. The molecule has 0 bridgehead atoms. The standard InChI is InChI=1S/C28H27FN2O6/c1-35-22-10-8-21(9-11-22)31-26(32)17-23(28(31)34)30(27(33)19-5-4-6-20(29)16-19)14-13-18-7-12-24(36-2)25(15-18)37-3/h4-12,15-16,23H,13-14,17H2,1-3H3/t23-/m1/s1. The summed E-state index contributed by atoms with van der Waals surface area (Å²) in [6, 6.07) is 16.1. The van der Waals surface area contributed by atoms with Gasteiger partial charge in [0.15, 0.2) is 11.5 Å². The van der Waals surface area contributed by atoms with E-state index in [1.165, 1.54) is 44.4 Å². The number of benzene rings is 3. The third kappa shape index (κ3) is 5.40. The van der Waals surface area contributed by atoms with Gasteiger partial charge in [-0.05, 0) is 66.6 Å². The van der Waals surface area contributed by atoms with E-state index in [4.69, 9.17) is 14.2 Å². The maximum Gasteiger partial charge on any atom is 0.257 e. The zero-order chi connectivity index (χ0) is 26.5. The molecule has 1 aliphatic heterocycles. The molecule has 192 valence electrons. The minimum atomic E-state index is -1.04. The maximum atomic E-state index is 13.9. The van der Waals surface area contributed by atoms with Gasteiger partial charge in [-0.3, -0.25) is 14.4 Å². The highest BCUT2D eigenvalue weighted by Gasteiger charge is 2.44. The van der Waals surface area contributed by atoms with Crippen molar-refractivity contribution in [2.45, 2.75) is 18.9 Å². The zero-order valence-corrected chi connectivity index (χ0v) is 20.8. The molecular weight excluding hydrogens is 479 g/mol. The second-order valence-corrected chi connectivity index (χ2v) is 8.43. The van der Waals surface area contributed by atoms with E-state index < -0.39 is 29.6 Å². The number of hydrogen-bond acceptors (Lipinski definition) is 6. The molecule has 0 aromatic heterocycles. The summed E-state index contributed by atoms with van der Waals surface area (Å²) in [6.07, 6.45) is 0.180. The van der Waals surface area contributed by atoms with Gasteiger partial charge >= 0.3 is 0 Å². The van der Waals surface area contributed by atoms with E-state index in [1.54, 1.807) is 36.4 Å². The smallest absolute Gasteiger partial charge is 0.257 e. The van der Waals surface area contributed by atoms with Crippen LogP contribution in [0, 0.1) is 5.82 Å². The van der Waals surface area contributed by atoms with Crippen LogP contribution in [0.2, 0.25) is 0 Å². The van der Waals surface area contributed by atoms with Gasteiger partial charge in [-0.25, -0.2) is 9.29 Å². The van der Waals surface area contributed by atoms with E-state index in [1.807, 2.05) is 6.07 Å². The highest BCUT2D eigenvalue weighted by atomic mass is 19.1. The third-order valence-corrected chi connectivity index (χ3v) is 6.25. The van der Waals surface area contributed by atoms with Crippen LogP contribution in [-0.2, 0) is 16.0 Å². The van der Waals surface area contributed by atoms with Crippen LogP contribution in [0.4, 0.5) is 10.1 Å². The first kappa shape index (κ1) is 25.7. The molecule has 4 rings (SSSR count). The lowest BCUT2D eigenvalue weighted by molar-refractivity contribution is -0.122. The summed E-state index contributed by atoms with van der Waals surface area (Å²) in [5, 5.41) is 0. The van der Waals surface area contributed by atoms with Gasteiger partial charge in [0.2, 0.25) is 5.91 Å². The van der Waals surface area contributed by atoms with Crippen LogP contribution in [0.5, 0.6) is 17.2 Å². The van der Waals surface area contributed by atoms with Crippen LogP contribution in [-0.4, -0.2) is 56.5 Å². The lowest BCUT2D eigenvalue weighted by Gasteiger charge is -2.28. The van der Waals surface area contributed by atoms with Gasteiger partial charge in [-0.2, -0.15) is 0 Å². The van der Waals surface area contributed by atoms with Crippen molar-refractivity contribution in [3.63, 3.8) is 0 Å². The molecule has 0 unspecified atom stereocenters. The predicted octanol–water partition coefficient (Wildman–Crippen LogP) is 3.87. The molecule has 0 saturated carbocycles. The van der Waals surface area contributed by atoms with E-state index in [0.29, 0.717) is 29.4 Å². The largest absolute Gasteiger partial charge is 0.497 e. The van der Waals surface area contributed by atoms with Crippen LogP contribution in [0.3, 0.4) is 0 Å². The SMILES string of the molecule is COc1ccc(N2C(=O)C[C@@H](N(CCc3ccc(OC)c(OC)c3)C(=O)c3cccc(F)c3)C2=O)cc1. The van der Waals surface area contributed by atoms with Crippen LogP contribution < -0.4 is 19.1 Å². The second-order valence-electron chi connectivity index (χ2n) is 8.43. The zero-order valence-electron chi connectivity index (χ0n) is 20.8. The Morgan fingerprint density at radius 2 is 1.68 bits per heavy atom. The average molecular weight is 507 g/mol. The molecule has 0 aliphatic carbocycles. The van der Waals surface area contributed by atoms with Crippen molar-refractivity contribution in [1.82, 2.24) is 4.90 Å². The normalized spacial score (nSPS) is 15.0. The molecule has 3 aromatic carbocycles. The number of carbonyl (C=O) groups is 3. The quantitative estimate of drug-likeness (QED) is 0.410. The second kappa shape index (κ2) is 11.1. The van der Waals surface area contributed by atoms with E-state index in [9.17, 15) is 18.8 Å². The topological polar surface area (TPSA) is 85.4 Å². The van der Waals surface area contributed by atoms with Gasteiger partial charge in [0.05, 0.1) is 33.4 Å². The average Bonchev–Trinajstić information content (AvgIpc) is 3.21. The van der Waals surface area contributed by atoms with Crippen molar-refractivity contribution >= 4 is 23.4 Å². The molecule has 1 heterocycles. The first-order valence-electron chi connectivity index (χ1n) is 11.6. The number of anilines is 1. The minimum Gasteiger partial charge on any atom is -0.497 e. The number of carbonyl (C=O) groups excluding carboxylic acids is 3. The predicted molar refractivity (Wildman–Crippen MR) is 135 cm³/mol. The van der Waals surface area contributed by atoms with Crippen LogP contribution in [0.15, 0.2) is 66.7 Å². The fourth-order valence-corrected chi connectivity index (χ4v) is 4.33. The number of halogens is 1. The van der Waals surface area contributed by atoms with Crippen LogP contribution in [0.1, 0.15) is 22.3 Å². The lowest BCUT2D eigenvalue weighted by atomic mass is 10.1. The summed E-state index contributed by atoms with van der Waals surface area (Å²) in [7, 11) is 4.58. The number of ether oxygens (including phenoxy) is 3. The Hall–Kier alpha value is -4.40. The summed E-state index contributed by atoms with van der Waals surface area (Å²) in [6.45, 7) is 0.116. The maximum absolute atomic E-state index is 13.9. The van der Waals surface area contributed by atoms with E-state index in [2.05, 4.69) is 0 Å². The van der Waals surface area contributed by atoms with E-state index >= 15 is 0 Å². The summed E-state index contributed by atoms with van der Waals surface area (Å²) >= 11 is 0. The fraction of sp³-hybridized carbons (Fsp3) is 0.250. The summed E-state index contributed by atoms with van der Waals surface area (Å²) < 4.78 is 29.7.